The van der Waals surface area contributed by atoms with Crippen LogP contribution in [0, 0.1) is 5.92 Å². The molecule has 9 heteroatoms. The van der Waals surface area contributed by atoms with Gasteiger partial charge in [0.2, 0.25) is 5.91 Å². The van der Waals surface area contributed by atoms with E-state index in [4.69, 9.17) is 18.9 Å². The van der Waals surface area contributed by atoms with Crippen molar-refractivity contribution in [3.8, 4) is 5.75 Å². The van der Waals surface area contributed by atoms with Gasteiger partial charge in [0.25, 0.3) is 0 Å². The number of carbonyl (C=O) groups excluding carboxylic acids is 3. The van der Waals surface area contributed by atoms with E-state index < -0.39 is 30.1 Å². The molecule has 1 aliphatic heterocycles. The minimum Gasteiger partial charge on any atom is -0.497 e. The van der Waals surface area contributed by atoms with Crippen molar-refractivity contribution in [3.63, 3.8) is 0 Å². The van der Waals surface area contributed by atoms with Gasteiger partial charge in [0, 0.05) is 12.3 Å². The minimum absolute atomic E-state index is 0.0738. The molecule has 0 bridgehead atoms. The molecule has 0 aromatic heterocycles. The molecule has 1 unspecified atom stereocenters. The average Bonchev–Trinajstić information content (AvgIpc) is 2.81. The number of alkyl carbamates (subject to hydrolysis) is 1. The Kier molecular flexibility index (Phi) is 8.65. The molecule has 0 radical (unpaired) electrons. The lowest BCUT2D eigenvalue weighted by atomic mass is 9.96. The van der Waals surface area contributed by atoms with Gasteiger partial charge in [-0.1, -0.05) is 42.5 Å². The molecular formula is C24H28N2O7. The van der Waals surface area contributed by atoms with Crippen LogP contribution in [-0.2, 0) is 36.8 Å². The van der Waals surface area contributed by atoms with Crippen LogP contribution in [0.15, 0.2) is 54.6 Å². The first-order valence-electron chi connectivity index (χ1n) is 10.6. The van der Waals surface area contributed by atoms with E-state index in [1.165, 1.54) is 7.11 Å². The fourth-order valence-electron chi connectivity index (χ4n) is 3.33. The van der Waals surface area contributed by atoms with Crippen LogP contribution < -0.4 is 15.4 Å². The van der Waals surface area contributed by atoms with E-state index in [9.17, 15) is 14.4 Å². The van der Waals surface area contributed by atoms with Crippen LogP contribution in [-0.4, -0.2) is 57.5 Å². The van der Waals surface area contributed by atoms with Crippen molar-refractivity contribution in [2.45, 2.75) is 25.1 Å². The lowest BCUT2D eigenvalue weighted by Crippen LogP contribution is -2.58. The maximum absolute atomic E-state index is 13.0. The predicted octanol–water partition coefficient (Wildman–Crippen LogP) is 1.84. The Morgan fingerprint density at radius 1 is 0.970 bits per heavy atom. The molecule has 0 spiro atoms. The molecule has 2 aromatic carbocycles. The maximum Gasteiger partial charge on any atom is 0.408 e. The summed E-state index contributed by atoms with van der Waals surface area (Å²) in [5, 5.41) is 5.31. The summed E-state index contributed by atoms with van der Waals surface area (Å²) in [4.78, 5) is 37.7. The van der Waals surface area contributed by atoms with Crippen LogP contribution in [0.4, 0.5) is 4.79 Å². The monoisotopic (exact) mass is 456 g/mol. The third-order valence-electron chi connectivity index (χ3n) is 5.30. The number of benzene rings is 2. The van der Waals surface area contributed by atoms with E-state index in [2.05, 4.69) is 10.6 Å². The SMILES string of the molecule is COC(=O)C(Cc1ccc(OC)cc1)NC(=O)[C@@H](NC(=O)OCc1ccccc1)C1COC1. The molecule has 1 saturated heterocycles. The number of esters is 1. The molecule has 0 saturated carbocycles. The van der Waals surface area contributed by atoms with Gasteiger partial charge in [0.15, 0.2) is 0 Å². The van der Waals surface area contributed by atoms with E-state index in [-0.39, 0.29) is 18.9 Å². The van der Waals surface area contributed by atoms with Crippen molar-refractivity contribution in [1.29, 1.82) is 0 Å². The Bertz CT molecular complexity index is 930. The summed E-state index contributed by atoms with van der Waals surface area (Å²) in [7, 11) is 2.82. The number of hydrogen-bond acceptors (Lipinski definition) is 7. The number of amides is 2. The molecule has 33 heavy (non-hydrogen) atoms. The number of hydrogen-bond donors (Lipinski definition) is 2. The molecule has 1 fully saturated rings. The quantitative estimate of drug-likeness (QED) is 0.525. The smallest absolute Gasteiger partial charge is 0.408 e. The van der Waals surface area contributed by atoms with Crippen molar-refractivity contribution in [2.75, 3.05) is 27.4 Å². The normalized spacial score (nSPS) is 14.8. The summed E-state index contributed by atoms with van der Waals surface area (Å²) in [5.41, 5.74) is 1.64. The number of nitrogens with one attached hydrogen (secondary N) is 2. The number of carbonyl (C=O) groups is 3. The second kappa shape index (κ2) is 11.9. The van der Waals surface area contributed by atoms with Gasteiger partial charge in [0.1, 0.15) is 24.4 Å². The van der Waals surface area contributed by atoms with Crippen LogP contribution in [0.25, 0.3) is 0 Å². The van der Waals surface area contributed by atoms with Gasteiger partial charge < -0.3 is 29.6 Å². The van der Waals surface area contributed by atoms with Crippen LogP contribution >= 0.6 is 0 Å². The highest BCUT2D eigenvalue weighted by Crippen LogP contribution is 2.17. The highest BCUT2D eigenvalue weighted by molar-refractivity contribution is 5.90. The lowest BCUT2D eigenvalue weighted by Gasteiger charge is -2.33. The fraction of sp³-hybridized carbons (Fsp3) is 0.375. The topological polar surface area (TPSA) is 112 Å². The van der Waals surface area contributed by atoms with Crippen LogP contribution in [0.1, 0.15) is 11.1 Å². The number of ether oxygens (including phenoxy) is 4. The molecule has 3 rings (SSSR count). The van der Waals surface area contributed by atoms with Crippen molar-refractivity contribution in [1.82, 2.24) is 10.6 Å². The van der Waals surface area contributed by atoms with Crippen molar-refractivity contribution in [2.24, 2.45) is 5.92 Å². The van der Waals surface area contributed by atoms with Crippen molar-refractivity contribution >= 4 is 18.0 Å². The predicted molar refractivity (Wildman–Crippen MR) is 119 cm³/mol. The Balaban J connectivity index is 1.63. The molecule has 2 aromatic rings. The van der Waals surface area contributed by atoms with E-state index >= 15 is 0 Å². The highest BCUT2D eigenvalue weighted by Gasteiger charge is 2.37. The molecule has 2 atom stereocenters. The first-order chi connectivity index (χ1) is 16.0. The van der Waals surface area contributed by atoms with E-state index in [1.807, 2.05) is 30.3 Å². The summed E-state index contributed by atoms with van der Waals surface area (Å²) in [6.45, 7) is 0.710. The van der Waals surface area contributed by atoms with Crippen LogP contribution in [0.5, 0.6) is 5.75 Å². The van der Waals surface area contributed by atoms with E-state index in [0.29, 0.717) is 19.0 Å². The van der Waals surface area contributed by atoms with Crippen molar-refractivity contribution in [3.05, 3.63) is 65.7 Å². The maximum atomic E-state index is 13.0. The highest BCUT2D eigenvalue weighted by atomic mass is 16.5. The van der Waals surface area contributed by atoms with Gasteiger partial charge >= 0.3 is 12.1 Å². The van der Waals surface area contributed by atoms with E-state index in [0.717, 1.165) is 11.1 Å². The lowest BCUT2D eigenvalue weighted by molar-refractivity contribution is -0.146. The second-order valence-corrected chi connectivity index (χ2v) is 7.62. The zero-order chi connectivity index (χ0) is 23.6. The summed E-state index contributed by atoms with van der Waals surface area (Å²) < 4.78 is 20.4. The number of methoxy groups -OCH3 is 2. The molecule has 9 nitrogen and oxygen atoms in total. The Morgan fingerprint density at radius 3 is 2.24 bits per heavy atom. The van der Waals surface area contributed by atoms with Crippen LogP contribution in [0.2, 0.25) is 0 Å². The average molecular weight is 456 g/mol. The Morgan fingerprint density at radius 2 is 1.67 bits per heavy atom. The third-order valence-corrected chi connectivity index (χ3v) is 5.30. The van der Waals surface area contributed by atoms with Gasteiger partial charge in [-0.2, -0.15) is 0 Å². The minimum atomic E-state index is -0.929. The summed E-state index contributed by atoms with van der Waals surface area (Å²) in [5.74, 6) is -0.646. The zero-order valence-corrected chi connectivity index (χ0v) is 18.6. The van der Waals surface area contributed by atoms with Crippen molar-refractivity contribution < 1.29 is 33.3 Å². The second-order valence-electron chi connectivity index (χ2n) is 7.62. The van der Waals surface area contributed by atoms with Gasteiger partial charge in [-0.25, -0.2) is 9.59 Å². The van der Waals surface area contributed by atoms with Gasteiger partial charge in [-0.05, 0) is 23.3 Å². The van der Waals surface area contributed by atoms with E-state index in [1.54, 1.807) is 31.4 Å². The standard InChI is InChI=1S/C24H28N2O7/c1-30-19-10-8-16(9-11-19)12-20(23(28)31-2)25-22(27)21(18-14-32-15-18)26-24(29)33-13-17-6-4-3-5-7-17/h3-11,18,20-21H,12-15H2,1-2H3,(H,25,27)(H,26,29)/t20?,21-/m0/s1. The molecule has 0 aliphatic carbocycles. The van der Waals surface area contributed by atoms with Gasteiger partial charge in [0.05, 0.1) is 27.4 Å². The largest absolute Gasteiger partial charge is 0.497 e. The molecule has 176 valence electrons. The molecular weight excluding hydrogens is 428 g/mol. The Labute approximate surface area is 192 Å². The Hall–Kier alpha value is -3.59. The fourth-order valence-corrected chi connectivity index (χ4v) is 3.33. The first-order valence-corrected chi connectivity index (χ1v) is 10.6. The molecule has 1 heterocycles. The third kappa shape index (κ3) is 6.95. The summed E-state index contributed by atoms with van der Waals surface area (Å²) in [6.07, 6.45) is -0.509. The molecule has 2 amide bonds. The molecule has 1 aliphatic rings. The molecule has 2 N–H and O–H groups in total. The van der Waals surface area contributed by atoms with Gasteiger partial charge in [-0.15, -0.1) is 0 Å². The van der Waals surface area contributed by atoms with Crippen LogP contribution in [0.3, 0.4) is 0 Å². The first kappa shape index (κ1) is 24.1. The summed E-state index contributed by atoms with van der Waals surface area (Å²) in [6, 6.07) is 14.5. The number of rotatable bonds is 10. The summed E-state index contributed by atoms with van der Waals surface area (Å²) >= 11 is 0. The van der Waals surface area contributed by atoms with Gasteiger partial charge in [-0.3, -0.25) is 4.79 Å². The zero-order valence-electron chi connectivity index (χ0n) is 18.6.